The van der Waals surface area contributed by atoms with Gasteiger partial charge in [-0.2, -0.15) is 0 Å². The van der Waals surface area contributed by atoms with Gasteiger partial charge < -0.3 is 9.64 Å². The molecule has 1 unspecified atom stereocenters. The van der Waals surface area contributed by atoms with Gasteiger partial charge in [0.25, 0.3) is 5.91 Å². The lowest BCUT2D eigenvalue weighted by Crippen LogP contribution is -2.34. The average Bonchev–Trinajstić information content (AvgIpc) is 2.37. The van der Waals surface area contributed by atoms with E-state index in [4.69, 9.17) is 0 Å². The summed E-state index contributed by atoms with van der Waals surface area (Å²) in [7, 11) is 3.03. The molecule has 0 saturated heterocycles. The van der Waals surface area contributed by atoms with Crippen LogP contribution in [0.2, 0.25) is 0 Å². The van der Waals surface area contributed by atoms with Gasteiger partial charge in [0.15, 0.2) is 0 Å². The molecule has 5 heteroatoms. The second kappa shape index (κ2) is 6.72. The van der Waals surface area contributed by atoms with Gasteiger partial charge in [0.05, 0.1) is 13.0 Å². The van der Waals surface area contributed by atoms with E-state index in [9.17, 15) is 9.59 Å². The largest absolute Gasteiger partial charge is 0.469 e. The van der Waals surface area contributed by atoms with Gasteiger partial charge in [-0.05, 0) is 46.9 Å². The Morgan fingerprint density at radius 1 is 1.33 bits per heavy atom. The first-order valence-corrected chi connectivity index (χ1v) is 6.62. The Morgan fingerprint density at radius 2 is 1.89 bits per heavy atom. The molecule has 1 rings (SSSR count). The molecule has 0 aromatic heterocycles. The van der Waals surface area contributed by atoms with E-state index in [2.05, 4.69) is 27.3 Å². The van der Waals surface area contributed by atoms with Crippen LogP contribution in [0.25, 0.3) is 0 Å². The molecule has 1 aromatic carbocycles. The highest BCUT2D eigenvalue weighted by Gasteiger charge is 2.19. The molecule has 0 aliphatic carbocycles. The normalized spacial score (nSPS) is 11.8. The number of rotatable bonds is 4. The van der Waals surface area contributed by atoms with E-state index in [0.717, 1.165) is 3.57 Å². The molecule has 0 radical (unpaired) electrons. The molecule has 18 heavy (non-hydrogen) atoms. The molecule has 1 amide bonds. The molecule has 0 aliphatic heterocycles. The van der Waals surface area contributed by atoms with Crippen LogP contribution in [0.4, 0.5) is 0 Å². The standard InChI is InChI=1S/C13H16INO3/c1-9(13(17)18-3)8-15(2)12(16)10-4-6-11(14)7-5-10/h4-7,9H,8H2,1-3H3. The Bertz CT molecular complexity index is 430. The van der Waals surface area contributed by atoms with Crippen LogP contribution in [-0.2, 0) is 9.53 Å². The highest BCUT2D eigenvalue weighted by molar-refractivity contribution is 14.1. The fourth-order valence-corrected chi connectivity index (χ4v) is 1.94. The van der Waals surface area contributed by atoms with Crippen LogP contribution in [0.3, 0.4) is 0 Å². The third-order valence-electron chi connectivity index (χ3n) is 2.59. The Labute approximate surface area is 120 Å². The van der Waals surface area contributed by atoms with Gasteiger partial charge in [0, 0.05) is 22.7 Å². The Morgan fingerprint density at radius 3 is 2.39 bits per heavy atom. The molecular weight excluding hydrogens is 345 g/mol. The number of carbonyl (C=O) groups excluding carboxylic acids is 2. The van der Waals surface area contributed by atoms with Crippen LogP contribution in [0.5, 0.6) is 0 Å². The van der Waals surface area contributed by atoms with Gasteiger partial charge in [-0.3, -0.25) is 9.59 Å². The van der Waals surface area contributed by atoms with Crippen molar-refractivity contribution in [2.75, 3.05) is 20.7 Å². The zero-order chi connectivity index (χ0) is 13.7. The van der Waals surface area contributed by atoms with Crippen LogP contribution >= 0.6 is 22.6 Å². The quantitative estimate of drug-likeness (QED) is 0.610. The van der Waals surface area contributed by atoms with Crippen molar-refractivity contribution in [2.45, 2.75) is 6.92 Å². The van der Waals surface area contributed by atoms with E-state index in [0.29, 0.717) is 12.1 Å². The monoisotopic (exact) mass is 361 g/mol. The summed E-state index contributed by atoms with van der Waals surface area (Å²) in [6.07, 6.45) is 0. The van der Waals surface area contributed by atoms with Crippen molar-refractivity contribution in [3.05, 3.63) is 33.4 Å². The molecule has 98 valence electrons. The van der Waals surface area contributed by atoms with Crippen molar-refractivity contribution >= 4 is 34.5 Å². The van der Waals surface area contributed by atoms with Crippen LogP contribution in [0.1, 0.15) is 17.3 Å². The van der Waals surface area contributed by atoms with Gasteiger partial charge in [0.1, 0.15) is 0 Å². The summed E-state index contributed by atoms with van der Waals surface area (Å²) in [5, 5.41) is 0. The Balaban J connectivity index is 2.67. The lowest BCUT2D eigenvalue weighted by atomic mass is 10.1. The number of benzene rings is 1. The van der Waals surface area contributed by atoms with E-state index in [-0.39, 0.29) is 17.8 Å². The Hall–Kier alpha value is -1.11. The molecule has 0 aliphatic rings. The average molecular weight is 361 g/mol. The third kappa shape index (κ3) is 3.97. The number of carbonyl (C=O) groups is 2. The maximum Gasteiger partial charge on any atom is 0.310 e. The number of methoxy groups -OCH3 is 1. The number of ether oxygens (including phenoxy) is 1. The maximum absolute atomic E-state index is 12.1. The lowest BCUT2D eigenvalue weighted by Gasteiger charge is -2.20. The smallest absolute Gasteiger partial charge is 0.310 e. The minimum atomic E-state index is -0.326. The number of hydrogen-bond acceptors (Lipinski definition) is 3. The lowest BCUT2D eigenvalue weighted by molar-refractivity contribution is -0.145. The fourth-order valence-electron chi connectivity index (χ4n) is 1.58. The highest BCUT2D eigenvalue weighted by atomic mass is 127. The molecule has 0 spiro atoms. The summed E-state index contributed by atoms with van der Waals surface area (Å²) in [5.41, 5.74) is 0.620. The number of hydrogen-bond donors (Lipinski definition) is 0. The van der Waals surface area contributed by atoms with Crippen molar-refractivity contribution in [3.63, 3.8) is 0 Å². The molecule has 0 heterocycles. The number of amides is 1. The van der Waals surface area contributed by atoms with Crippen molar-refractivity contribution in [2.24, 2.45) is 5.92 Å². The van der Waals surface area contributed by atoms with Gasteiger partial charge in [-0.1, -0.05) is 6.92 Å². The first-order valence-electron chi connectivity index (χ1n) is 5.54. The fraction of sp³-hybridized carbons (Fsp3) is 0.385. The van der Waals surface area contributed by atoms with Crippen LogP contribution in [-0.4, -0.2) is 37.5 Å². The molecule has 1 atom stereocenters. The summed E-state index contributed by atoms with van der Waals surface area (Å²) >= 11 is 2.18. The second-order valence-electron chi connectivity index (χ2n) is 4.12. The van der Waals surface area contributed by atoms with Crippen molar-refractivity contribution < 1.29 is 14.3 Å². The summed E-state index contributed by atoms with van der Waals surface area (Å²) < 4.78 is 5.71. The summed E-state index contributed by atoms with van der Waals surface area (Å²) in [6, 6.07) is 7.32. The van der Waals surface area contributed by atoms with E-state index in [1.807, 2.05) is 12.1 Å². The van der Waals surface area contributed by atoms with Gasteiger partial charge >= 0.3 is 5.97 Å². The molecule has 4 nitrogen and oxygen atoms in total. The van der Waals surface area contributed by atoms with Crippen molar-refractivity contribution in [1.82, 2.24) is 4.90 Å². The zero-order valence-corrected chi connectivity index (χ0v) is 12.8. The molecule has 0 fully saturated rings. The van der Waals surface area contributed by atoms with E-state index >= 15 is 0 Å². The molecule has 1 aromatic rings. The molecule has 0 saturated carbocycles. The summed E-state index contributed by atoms with van der Waals surface area (Å²) in [4.78, 5) is 24.9. The minimum Gasteiger partial charge on any atom is -0.469 e. The maximum atomic E-state index is 12.1. The molecule has 0 bridgehead atoms. The van der Waals surface area contributed by atoms with Gasteiger partial charge in [-0.15, -0.1) is 0 Å². The number of halogens is 1. The molecule has 0 N–H and O–H groups in total. The predicted octanol–water partition coefficient (Wildman–Crippen LogP) is 2.17. The second-order valence-corrected chi connectivity index (χ2v) is 5.36. The molecular formula is C13H16INO3. The Kier molecular flexibility index (Phi) is 5.58. The van der Waals surface area contributed by atoms with Crippen molar-refractivity contribution in [1.29, 1.82) is 0 Å². The van der Waals surface area contributed by atoms with Crippen molar-refractivity contribution in [3.8, 4) is 0 Å². The zero-order valence-electron chi connectivity index (χ0n) is 10.6. The SMILES string of the molecule is COC(=O)C(C)CN(C)C(=O)c1ccc(I)cc1. The third-order valence-corrected chi connectivity index (χ3v) is 3.31. The van der Waals surface area contributed by atoms with Crippen LogP contribution < -0.4 is 0 Å². The van der Waals surface area contributed by atoms with E-state index < -0.39 is 0 Å². The summed E-state index contributed by atoms with van der Waals surface area (Å²) in [5.74, 6) is -0.729. The van der Waals surface area contributed by atoms with E-state index in [1.165, 1.54) is 12.0 Å². The summed E-state index contributed by atoms with van der Waals surface area (Å²) in [6.45, 7) is 2.08. The highest BCUT2D eigenvalue weighted by Crippen LogP contribution is 2.10. The van der Waals surface area contributed by atoms with Gasteiger partial charge in [-0.25, -0.2) is 0 Å². The topological polar surface area (TPSA) is 46.6 Å². The minimum absolute atomic E-state index is 0.0952. The van der Waals surface area contributed by atoms with E-state index in [1.54, 1.807) is 26.1 Å². The first-order chi connectivity index (χ1) is 8.45. The number of nitrogens with zero attached hydrogens (tertiary/aromatic N) is 1. The first kappa shape index (κ1) is 14.9. The van der Waals surface area contributed by atoms with Crippen LogP contribution in [0.15, 0.2) is 24.3 Å². The predicted molar refractivity (Wildman–Crippen MR) is 77.3 cm³/mol. The van der Waals surface area contributed by atoms with Gasteiger partial charge in [0.2, 0.25) is 0 Å². The number of esters is 1. The van der Waals surface area contributed by atoms with Crippen LogP contribution in [0, 0.1) is 9.49 Å².